The van der Waals surface area contributed by atoms with Crippen LogP contribution in [-0.2, 0) is 11.2 Å². The molecule has 3 N–H and O–H groups in total. The summed E-state index contributed by atoms with van der Waals surface area (Å²) in [5, 5.41) is 2.76. The molecule has 0 heterocycles. The monoisotopic (exact) mass is 207 g/mol. The Labute approximate surface area is 92.1 Å². The molecule has 1 aromatic rings. The van der Waals surface area contributed by atoms with Gasteiger partial charge in [-0.05, 0) is 31.8 Å². The normalized spacial score (nSPS) is 13.3. The molecule has 1 aromatic carbocycles. The van der Waals surface area contributed by atoms with Gasteiger partial charge >= 0.3 is 0 Å². The second-order valence-electron chi connectivity index (χ2n) is 3.58. The molecule has 82 valence electrons. The van der Waals surface area contributed by atoms with Crippen LogP contribution in [0.15, 0.2) is 24.3 Å². The first-order chi connectivity index (χ1) is 7.58. The zero-order valence-electron chi connectivity index (χ0n) is 9.99. The molecule has 0 aromatic heterocycles. The maximum atomic E-state index is 10.5. The topological polar surface area (TPSA) is 55.1 Å². The summed E-state index contributed by atoms with van der Waals surface area (Å²) < 4.78 is 7.65. The van der Waals surface area contributed by atoms with Gasteiger partial charge in [-0.3, -0.25) is 4.79 Å². The van der Waals surface area contributed by atoms with Crippen molar-refractivity contribution < 1.29 is 6.17 Å². The third-order valence-electron chi connectivity index (χ3n) is 2.08. The Kier molecular flexibility index (Phi) is 4.20. The van der Waals surface area contributed by atoms with Gasteiger partial charge in [0.2, 0.25) is 5.91 Å². The molecule has 0 fully saturated rings. The van der Waals surface area contributed by atoms with Gasteiger partial charge in [0.15, 0.2) is 0 Å². The third-order valence-corrected chi connectivity index (χ3v) is 2.08. The van der Waals surface area contributed by atoms with Crippen molar-refractivity contribution in [3.63, 3.8) is 0 Å². The molecule has 3 nitrogen and oxygen atoms in total. The molecule has 1 atom stereocenters. The lowest BCUT2D eigenvalue weighted by Crippen LogP contribution is -2.29. The first-order valence-electron chi connectivity index (χ1n) is 5.65. The molecule has 1 unspecified atom stereocenters. The van der Waals surface area contributed by atoms with E-state index in [4.69, 9.17) is 7.10 Å². The lowest BCUT2D eigenvalue weighted by Gasteiger charge is -2.03. The first-order valence-corrected chi connectivity index (χ1v) is 5.07. The van der Waals surface area contributed by atoms with Gasteiger partial charge in [0.25, 0.3) is 0 Å². The molecule has 0 bridgehead atoms. The number of nitrogens with two attached hydrogens (primary N) is 1. The molecule has 15 heavy (non-hydrogen) atoms. The van der Waals surface area contributed by atoms with E-state index in [1.807, 2.05) is 25.1 Å². The van der Waals surface area contributed by atoms with Gasteiger partial charge in [-0.15, -0.1) is 0 Å². The minimum absolute atomic E-state index is 0.0714. The van der Waals surface area contributed by atoms with Crippen molar-refractivity contribution in [3.8, 4) is 0 Å². The zero-order chi connectivity index (χ0) is 12.0. The van der Waals surface area contributed by atoms with Crippen LogP contribution in [0.4, 0.5) is 0 Å². The maximum Gasteiger partial charge on any atom is 0.231 e. The minimum atomic E-state index is -0.437. The quantitative estimate of drug-likeness (QED) is 0.731. The number of nitrogens with one attached hydrogen (secondary N) is 1. The predicted molar refractivity (Wildman–Crippen MR) is 61.6 cm³/mol. The summed E-state index contributed by atoms with van der Waals surface area (Å²) in [5.74, 6) is -0.423. The third kappa shape index (κ3) is 5.18. The van der Waals surface area contributed by atoms with Crippen LogP contribution in [0.1, 0.15) is 18.9 Å². The summed E-state index contributed by atoms with van der Waals surface area (Å²) in [5.41, 5.74) is 7.43. The number of amides is 1. The number of primary amides is 1. The highest BCUT2D eigenvalue weighted by molar-refractivity contribution is 5.75. The van der Waals surface area contributed by atoms with Crippen LogP contribution in [0.5, 0.6) is 0 Å². The van der Waals surface area contributed by atoms with Crippen molar-refractivity contribution in [2.75, 3.05) is 13.1 Å². The van der Waals surface area contributed by atoms with Crippen molar-refractivity contribution in [3.05, 3.63) is 35.4 Å². The van der Waals surface area contributed by atoms with Gasteiger partial charge in [-0.2, -0.15) is 0 Å². The fourth-order valence-corrected chi connectivity index (χ4v) is 1.38. The average molecular weight is 207 g/mol. The number of rotatable bonds is 6. The van der Waals surface area contributed by atoms with Crippen molar-refractivity contribution in [2.45, 2.75) is 19.8 Å². The predicted octanol–water partition coefficient (Wildman–Crippen LogP) is 1.00. The lowest BCUT2D eigenvalue weighted by atomic mass is 10.1. The maximum absolute atomic E-state index is 10.5. The van der Waals surface area contributed by atoms with E-state index < -0.39 is 12.4 Å². The zero-order valence-corrected chi connectivity index (χ0v) is 8.99. The Bertz CT molecular complexity index is 355. The van der Waals surface area contributed by atoms with Crippen LogP contribution in [0, 0.1) is 6.92 Å². The van der Waals surface area contributed by atoms with Crippen LogP contribution < -0.4 is 11.1 Å². The fraction of sp³-hybridized carbons (Fsp3) is 0.417. The van der Waals surface area contributed by atoms with E-state index in [1.165, 1.54) is 11.1 Å². The summed E-state index contributed by atoms with van der Waals surface area (Å²) in [7, 11) is 0. The number of hydrogen-bond donors (Lipinski definition) is 2. The molecule has 1 rings (SSSR count). The van der Waals surface area contributed by atoms with Crippen LogP contribution in [0.3, 0.4) is 0 Å². The number of hydrogen-bond acceptors (Lipinski definition) is 2. The second-order valence-corrected chi connectivity index (χ2v) is 3.58. The minimum Gasteiger partial charge on any atom is -0.369 e. The van der Waals surface area contributed by atoms with E-state index in [9.17, 15) is 4.79 Å². The van der Waals surface area contributed by atoms with Gasteiger partial charge in [-0.1, -0.05) is 29.8 Å². The van der Waals surface area contributed by atoms with Crippen LogP contribution in [0.2, 0.25) is 0 Å². The molecule has 0 aliphatic carbocycles. The summed E-state index contributed by atoms with van der Waals surface area (Å²) in [6.07, 6.45) is 1.51. The van der Waals surface area contributed by atoms with Gasteiger partial charge in [0, 0.05) is 1.37 Å². The molecule has 0 aliphatic rings. The van der Waals surface area contributed by atoms with Gasteiger partial charge < -0.3 is 11.1 Å². The molecular formula is C12H18N2O. The number of carbonyl (C=O) groups excluding carboxylic acids is 1. The molecule has 1 amide bonds. The van der Waals surface area contributed by atoms with Crippen molar-refractivity contribution in [2.24, 2.45) is 5.73 Å². The van der Waals surface area contributed by atoms with E-state index in [0.717, 1.165) is 6.42 Å². The highest BCUT2D eigenvalue weighted by atomic mass is 16.1. The van der Waals surface area contributed by atoms with Crippen molar-refractivity contribution in [1.29, 1.82) is 0 Å². The van der Waals surface area contributed by atoms with E-state index in [1.54, 1.807) is 0 Å². The van der Waals surface area contributed by atoms with Gasteiger partial charge in [0.1, 0.15) is 0 Å². The van der Waals surface area contributed by atoms with Gasteiger partial charge in [0.05, 0.1) is 6.54 Å². The molecule has 0 saturated heterocycles. The molecule has 0 radical (unpaired) electrons. The number of aryl methyl sites for hydroxylation is 2. The van der Waals surface area contributed by atoms with E-state index in [-0.39, 0.29) is 6.54 Å². The Balaban J connectivity index is 2.31. The first kappa shape index (κ1) is 10.2. The highest BCUT2D eigenvalue weighted by Gasteiger charge is 1.95. The van der Waals surface area contributed by atoms with E-state index >= 15 is 0 Å². The fourth-order valence-electron chi connectivity index (χ4n) is 1.38. The van der Waals surface area contributed by atoms with Crippen LogP contribution in [-0.4, -0.2) is 19.0 Å². The van der Waals surface area contributed by atoms with Crippen molar-refractivity contribution >= 4 is 5.91 Å². The summed E-state index contributed by atoms with van der Waals surface area (Å²) in [6, 6.07) is 8.22. The molecule has 0 saturated carbocycles. The Morgan fingerprint density at radius 1 is 1.60 bits per heavy atom. The van der Waals surface area contributed by atoms with Crippen LogP contribution >= 0.6 is 0 Å². The number of benzene rings is 1. The highest BCUT2D eigenvalue weighted by Crippen LogP contribution is 2.05. The second kappa shape index (κ2) is 6.19. The Morgan fingerprint density at radius 3 is 3.07 bits per heavy atom. The Hall–Kier alpha value is -1.35. The van der Waals surface area contributed by atoms with Crippen LogP contribution in [0.25, 0.3) is 0 Å². The summed E-state index contributed by atoms with van der Waals surface area (Å²) in [4.78, 5) is 10.5. The molecule has 0 spiro atoms. The molecular weight excluding hydrogens is 188 g/mol. The molecule has 0 aliphatic heterocycles. The smallest absolute Gasteiger partial charge is 0.231 e. The standard InChI is InChI=1S/C12H18N2O/c1-10-4-2-5-11(8-10)6-3-7-14-9-12(13)15/h2,4-5,8,14H,3,6-7,9H2,1H3,(H2,13,15)/i7D. The largest absolute Gasteiger partial charge is 0.369 e. The van der Waals surface area contributed by atoms with E-state index in [2.05, 4.69) is 11.4 Å². The van der Waals surface area contributed by atoms with Crippen molar-refractivity contribution in [1.82, 2.24) is 5.32 Å². The molecule has 3 heteroatoms. The number of carbonyl (C=O) groups is 1. The average Bonchev–Trinajstić information content (AvgIpc) is 2.23. The summed E-state index contributed by atoms with van der Waals surface area (Å²) in [6.45, 7) is 1.68. The van der Waals surface area contributed by atoms with Gasteiger partial charge in [-0.25, -0.2) is 0 Å². The SMILES string of the molecule is [2H]C(CCc1cccc(C)c1)NCC(N)=O. The Morgan fingerprint density at radius 2 is 2.40 bits per heavy atom. The lowest BCUT2D eigenvalue weighted by molar-refractivity contribution is -0.117. The summed E-state index contributed by atoms with van der Waals surface area (Å²) >= 11 is 0. The van der Waals surface area contributed by atoms with E-state index in [0.29, 0.717) is 6.42 Å².